The molecule has 0 aromatic heterocycles. The Hall–Kier alpha value is -1.69. The first-order valence-electron chi connectivity index (χ1n) is 7.52. The summed E-state index contributed by atoms with van der Waals surface area (Å²) < 4.78 is 5.16. The van der Waals surface area contributed by atoms with E-state index in [0.717, 1.165) is 37.2 Å². The van der Waals surface area contributed by atoms with Gasteiger partial charge in [0, 0.05) is 13.1 Å². The fraction of sp³-hybridized carbons (Fsp3) is 0.500. The van der Waals surface area contributed by atoms with Gasteiger partial charge in [-0.2, -0.15) is 0 Å². The lowest BCUT2D eigenvalue weighted by Crippen LogP contribution is -2.40. The summed E-state index contributed by atoms with van der Waals surface area (Å²) >= 11 is 1.57. The summed E-state index contributed by atoms with van der Waals surface area (Å²) in [5, 5.41) is -0.0787. The number of carbonyl (C=O) groups excluding carboxylic acids is 2. The van der Waals surface area contributed by atoms with Gasteiger partial charge >= 0.3 is 0 Å². The van der Waals surface area contributed by atoms with E-state index in [2.05, 4.69) is 0 Å². The van der Waals surface area contributed by atoms with Crippen LogP contribution in [0.3, 0.4) is 0 Å². The number of hydrogen-bond acceptors (Lipinski definition) is 4. The summed E-state index contributed by atoms with van der Waals surface area (Å²) in [5.74, 6) is 1.33. The zero-order valence-electron chi connectivity index (χ0n) is 12.7. The van der Waals surface area contributed by atoms with Crippen LogP contribution in [0.5, 0.6) is 5.75 Å². The van der Waals surface area contributed by atoms with Gasteiger partial charge in [-0.1, -0.05) is 12.1 Å². The normalized spacial score (nSPS) is 21.5. The maximum Gasteiger partial charge on any atom is 0.242 e. The summed E-state index contributed by atoms with van der Waals surface area (Å²) in [6.07, 6.45) is 2.13. The topological polar surface area (TPSA) is 49.9 Å². The van der Waals surface area contributed by atoms with E-state index in [4.69, 9.17) is 4.74 Å². The van der Waals surface area contributed by atoms with Gasteiger partial charge in [-0.25, -0.2) is 0 Å². The van der Waals surface area contributed by atoms with E-state index in [0.29, 0.717) is 5.75 Å². The van der Waals surface area contributed by atoms with Crippen molar-refractivity contribution < 1.29 is 14.3 Å². The third kappa shape index (κ3) is 3.06. The average molecular weight is 320 g/mol. The summed E-state index contributed by atoms with van der Waals surface area (Å²) in [6, 6.07) is 7.70. The van der Waals surface area contributed by atoms with E-state index in [1.165, 1.54) is 0 Å². The number of likely N-dealkylation sites (tertiary alicyclic amines) is 1. The molecule has 2 fully saturated rings. The quantitative estimate of drug-likeness (QED) is 0.850. The molecule has 0 saturated carbocycles. The Morgan fingerprint density at radius 1 is 1.27 bits per heavy atom. The van der Waals surface area contributed by atoms with Crippen molar-refractivity contribution in [2.24, 2.45) is 0 Å². The van der Waals surface area contributed by atoms with Crippen molar-refractivity contribution in [1.82, 2.24) is 9.80 Å². The van der Waals surface area contributed by atoms with Crippen LogP contribution in [0.4, 0.5) is 0 Å². The van der Waals surface area contributed by atoms with Gasteiger partial charge in [0.1, 0.15) is 17.7 Å². The lowest BCUT2D eigenvalue weighted by Gasteiger charge is -2.26. The first kappa shape index (κ1) is 15.2. The molecule has 3 rings (SSSR count). The molecule has 6 heteroatoms. The lowest BCUT2D eigenvalue weighted by molar-refractivity contribution is -0.138. The number of ether oxygens (including phenoxy) is 1. The second-order valence-electron chi connectivity index (χ2n) is 5.55. The molecule has 0 aliphatic carbocycles. The van der Waals surface area contributed by atoms with E-state index >= 15 is 0 Å². The van der Waals surface area contributed by atoms with Crippen molar-refractivity contribution in [3.8, 4) is 5.75 Å². The molecule has 2 aliphatic rings. The number of benzene rings is 1. The van der Waals surface area contributed by atoms with E-state index in [9.17, 15) is 9.59 Å². The smallest absolute Gasteiger partial charge is 0.242 e. The van der Waals surface area contributed by atoms with Crippen molar-refractivity contribution >= 4 is 23.6 Å². The van der Waals surface area contributed by atoms with Crippen LogP contribution in [0.15, 0.2) is 24.3 Å². The second-order valence-corrected chi connectivity index (χ2v) is 6.61. The molecular formula is C16H20N2O3S. The number of hydrogen-bond donors (Lipinski definition) is 0. The molecule has 1 aromatic carbocycles. The van der Waals surface area contributed by atoms with Crippen LogP contribution in [0.25, 0.3) is 0 Å². The number of carbonyl (C=O) groups is 2. The number of amides is 2. The molecule has 1 aromatic rings. The van der Waals surface area contributed by atoms with Gasteiger partial charge in [-0.05, 0) is 30.5 Å². The Morgan fingerprint density at radius 2 is 1.95 bits per heavy atom. The van der Waals surface area contributed by atoms with Crippen LogP contribution in [-0.4, -0.2) is 54.1 Å². The molecule has 5 nitrogen and oxygen atoms in total. The molecule has 0 bridgehead atoms. The summed E-state index contributed by atoms with van der Waals surface area (Å²) in [7, 11) is 1.63. The highest BCUT2D eigenvalue weighted by Crippen LogP contribution is 2.38. The van der Waals surface area contributed by atoms with Crippen LogP contribution in [-0.2, 0) is 9.59 Å². The monoisotopic (exact) mass is 320 g/mol. The largest absolute Gasteiger partial charge is 0.497 e. The van der Waals surface area contributed by atoms with Crippen molar-refractivity contribution in [2.75, 3.05) is 32.5 Å². The second kappa shape index (κ2) is 6.60. The minimum absolute atomic E-state index is 0.0402. The van der Waals surface area contributed by atoms with Gasteiger partial charge in [-0.3, -0.25) is 9.59 Å². The predicted octanol–water partition coefficient (Wildman–Crippen LogP) is 1.89. The Morgan fingerprint density at radius 3 is 2.59 bits per heavy atom. The SMILES string of the molecule is COc1ccc(C2SCC(=O)N2CC(=O)N2CCCC2)cc1. The zero-order valence-corrected chi connectivity index (χ0v) is 13.5. The Kier molecular flexibility index (Phi) is 4.57. The first-order valence-corrected chi connectivity index (χ1v) is 8.56. The van der Waals surface area contributed by atoms with E-state index in [-0.39, 0.29) is 23.7 Å². The molecule has 2 aliphatic heterocycles. The molecule has 2 heterocycles. The van der Waals surface area contributed by atoms with Gasteiger partial charge in [-0.15, -0.1) is 11.8 Å². The molecule has 1 unspecified atom stereocenters. The maximum absolute atomic E-state index is 12.3. The fourth-order valence-electron chi connectivity index (χ4n) is 2.88. The van der Waals surface area contributed by atoms with E-state index in [1.54, 1.807) is 23.8 Å². The lowest BCUT2D eigenvalue weighted by atomic mass is 10.2. The Labute approximate surface area is 134 Å². The van der Waals surface area contributed by atoms with Gasteiger partial charge in [0.15, 0.2) is 0 Å². The van der Waals surface area contributed by atoms with E-state index < -0.39 is 0 Å². The Bertz CT molecular complexity index is 555. The average Bonchev–Trinajstić information content (AvgIpc) is 3.19. The van der Waals surface area contributed by atoms with Gasteiger partial charge in [0.2, 0.25) is 11.8 Å². The number of rotatable bonds is 4. The third-order valence-corrected chi connectivity index (χ3v) is 5.39. The molecule has 0 radical (unpaired) electrons. The maximum atomic E-state index is 12.3. The minimum atomic E-state index is -0.0787. The van der Waals surface area contributed by atoms with Crippen molar-refractivity contribution in [3.05, 3.63) is 29.8 Å². The molecule has 1 atom stereocenters. The number of nitrogens with zero attached hydrogens (tertiary/aromatic N) is 2. The minimum Gasteiger partial charge on any atom is -0.497 e. The van der Waals surface area contributed by atoms with Gasteiger partial charge in [0.25, 0.3) is 0 Å². The molecule has 118 valence electrons. The zero-order chi connectivity index (χ0) is 15.5. The predicted molar refractivity (Wildman–Crippen MR) is 85.7 cm³/mol. The highest BCUT2D eigenvalue weighted by Gasteiger charge is 2.35. The van der Waals surface area contributed by atoms with Crippen molar-refractivity contribution in [3.63, 3.8) is 0 Å². The number of methoxy groups -OCH3 is 1. The van der Waals surface area contributed by atoms with Gasteiger partial charge in [0.05, 0.1) is 12.9 Å². The summed E-state index contributed by atoms with van der Waals surface area (Å²) in [6.45, 7) is 1.82. The molecule has 2 amide bonds. The summed E-state index contributed by atoms with van der Waals surface area (Å²) in [5.41, 5.74) is 1.03. The van der Waals surface area contributed by atoms with Crippen molar-refractivity contribution in [1.29, 1.82) is 0 Å². The van der Waals surface area contributed by atoms with E-state index in [1.807, 2.05) is 29.2 Å². The molecule has 0 N–H and O–H groups in total. The highest BCUT2D eigenvalue weighted by atomic mass is 32.2. The van der Waals surface area contributed by atoms with Crippen LogP contribution < -0.4 is 4.74 Å². The third-order valence-electron chi connectivity index (χ3n) is 4.13. The standard InChI is InChI=1S/C16H20N2O3S/c1-21-13-6-4-12(5-7-13)16-18(15(20)11-22-16)10-14(19)17-8-2-3-9-17/h4-7,16H,2-3,8-11H2,1H3. The molecule has 0 spiro atoms. The van der Waals surface area contributed by atoms with Crippen LogP contribution in [0.1, 0.15) is 23.8 Å². The molecule has 22 heavy (non-hydrogen) atoms. The van der Waals surface area contributed by atoms with Crippen molar-refractivity contribution in [2.45, 2.75) is 18.2 Å². The first-order chi connectivity index (χ1) is 10.7. The molecule has 2 saturated heterocycles. The van der Waals surface area contributed by atoms with Gasteiger partial charge < -0.3 is 14.5 Å². The van der Waals surface area contributed by atoms with Crippen LogP contribution in [0, 0.1) is 0 Å². The molecular weight excluding hydrogens is 300 g/mol. The van der Waals surface area contributed by atoms with Crippen LogP contribution in [0.2, 0.25) is 0 Å². The summed E-state index contributed by atoms with van der Waals surface area (Å²) in [4.78, 5) is 28.0. The highest BCUT2D eigenvalue weighted by molar-refractivity contribution is 8.00. The Balaban J connectivity index is 1.72. The number of thioether (sulfide) groups is 1. The fourth-order valence-corrected chi connectivity index (χ4v) is 4.07. The van der Waals surface area contributed by atoms with Crippen LogP contribution >= 0.6 is 11.8 Å².